The predicted octanol–water partition coefficient (Wildman–Crippen LogP) is -0.434. The van der Waals surface area contributed by atoms with Crippen molar-refractivity contribution >= 4 is 0 Å². The highest BCUT2D eigenvalue weighted by Crippen LogP contribution is 2.10. The van der Waals surface area contributed by atoms with Crippen LogP contribution in [0.1, 0.15) is 0 Å². The Morgan fingerprint density at radius 1 is 0.640 bits per heavy atom. The Morgan fingerprint density at radius 3 is 1.84 bits per heavy atom. The molecule has 0 aromatic rings. The lowest BCUT2D eigenvalue weighted by Crippen LogP contribution is -2.28. The summed E-state index contributed by atoms with van der Waals surface area (Å²) in [5.74, 6) is 0. The maximum absolute atomic E-state index is 5.73. The zero-order valence-electron chi connectivity index (χ0n) is 14.5. The Balaban J connectivity index is 1.18. The molecule has 9 heteroatoms. The van der Waals surface area contributed by atoms with Crippen molar-refractivity contribution in [3.63, 3.8) is 0 Å². The second kappa shape index (κ2) is 11.4. The van der Waals surface area contributed by atoms with Crippen LogP contribution < -0.4 is 0 Å². The molecule has 0 aliphatic carbocycles. The predicted molar refractivity (Wildman–Crippen MR) is 83.3 cm³/mol. The van der Waals surface area contributed by atoms with E-state index in [2.05, 4.69) is 0 Å². The minimum atomic E-state index is -0.229. The quantitative estimate of drug-likeness (QED) is 0.139. The van der Waals surface area contributed by atoms with E-state index in [1.54, 1.807) is 0 Å². The summed E-state index contributed by atoms with van der Waals surface area (Å²) in [7, 11) is 0. The molecular weight excluding hydrogens is 336 g/mol. The Labute approximate surface area is 147 Å². The van der Waals surface area contributed by atoms with Crippen LogP contribution in [-0.2, 0) is 42.9 Å². The molecule has 0 spiro atoms. The fraction of sp³-hybridized carbons (Fsp3) is 1.00. The van der Waals surface area contributed by atoms with Gasteiger partial charge in [0.05, 0.1) is 66.1 Å². The van der Waals surface area contributed by atoms with Crippen LogP contribution in [-0.4, -0.2) is 104 Å². The third kappa shape index (κ3) is 10.4. The molecule has 3 rings (SSSR count). The minimum Gasteiger partial charge on any atom is -0.376 e. The highest BCUT2D eigenvalue weighted by atomic mass is 17.2. The SMILES string of the molecule is C(COCC1CO1)OCC(COOCC1CO1)OCCOCC1CO1. The fourth-order valence-electron chi connectivity index (χ4n) is 1.92. The summed E-state index contributed by atoms with van der Waals surface area (Å²) in [6, 6.07) is 0. The number of hydrogen-bond acceptors (Lipinski definition) is 9. The molecule has 3 aliphatic heterocycles. The van der Waals surface area contributed by atoms with Crippen molar-refractivity contribution in [2.75, 3.05) is 79.3 Å². The van der Waals surface area contributed by atoms with Gasteiger partial charge in [0, 0.05) is 0 Å². The molecule has 25 heavy (non-hydrogen) atoms. The molecule has 4 atom stereocenters. The second-order valence-corrected chi connectivity index (χ2v) is 6.15. The van der Waals surface area contributed by atoms with Gasteiger partial charge in [-0.15, -0.1) is 0 Å². The van der Waals surface area contributed by atoms with E-state index in [1.807, 2.05) is 0 Å². The topological polar surface area (TPSA) is 93.0 Å². The van der Waals surface area contributed by atoms with Crippen molar-refractivity contribution in [1.29, 1.82) is 0 Å². The number of hydrogen-bond donors (Lipinski definition) is 0. The van der Waals surface area contributed by atoms with Gasteiger partial charge in [-0.3, -0.25) is 0 Å². The van der Waals surface area contributed by atoms with Gasteiger partial charge in [0.2, 0.25) is 0 Å². The molecule has 9 nitrogen and oxygen atoms in total. The highest BCUT2D eigenvalue weighted by molar-refractivity contribution is 4.68. The molecule has 0 aromatic carbocycles. The van der Waals surface area contributed by atoms with Gasteiger partial charge in [-0.2, -0.15) is 0 Å². The van der Waals surface area contributed by atoms with Crippen LogP contribution in [0.25, 0.3) is 0 Å². The van der Waals surface area contributed by atoms with Gasteiger partial charge < -0.3 is 33.2 Å². The molecule has 4 unspecified atom stereocenters. The lowest BCUT2D eigenvalue weighted by atomic mass is 10.4. The first-order valence-electron chi connectivity index (χ1n) is 8.84. The van der Waals surface area contributed by atoms with E-state index in [0.29, 0.717) is 52.9 Å². The summed E-state index contributed by atoms with van der Waals surface area (Å²) in [4.78, 5) is 10.3. The summed E-state index contributed by atoms with van der Waals surface area (Å²) in [5.41, 5.74) is 0. The molecule has 146 valence electrons. The van der Waals surface area contributed by atoms with Gasteiger partial charge in [-0.25, -0.2) is 9.78 Å². The van der Waals surface area contributed by atoms with Crippen LogP contribution in [0.15, 0.2) is 0 Å². The van der Waals surface area contributed by atoms with Gasteiger partial charge in [0.25, 0.3) is 0 Å². The van der Waals surface area contributed by atoms with E-state index in [9.17, 15) is 0 Å². The van der Waals surface area contributed by atoms with Gasteiger partial charge in [0.1, 0.15) is 37.6 Å². The zero-order valence-corrected chi connectivity index (χ0v) is 14.5. The third-order valence-corrected chi connectivity index (χ3v) is 3.66. The molecule has 3 saturated heterocycles. The maximum Gasteiger partial charge on any atom is 0.111 e. The number of ether oxygens (including phenoxy) is 7. The molecule has 0 bridgehead atoms. The average Bonchev–Trinajstić information content (AvgIpc) is 3.47. The van der Waals surface area contributed by atoms with E-state index in [1.165, 1.54) is 0 Å². The van der Waals surface area contributed by atoms with Crippen LogP contribution in [0, 0.1) is 0 Å². The summed E-state index contributed by atoms with van der Waals surface area (Å²) >= 11 is 0. The molecule has 0 N–H and O–H groups in total. The van der Waals surface area contributed by atoms with Crippen molar-refractivity contribution in [1.82, 2.24) is 0 Å². The van der Waals surface area contributed by atoms with Gasteiger partial charge in [-0.05, 0) is 0 Å². The smallest absolute Gasteiger partial charge is 0.111 e. The molecule has 0 aromatic heterocycles. The van der Waals surface area contributed by atoms with Crippen molar-refractivity contribution in [2.24, 2.45) is 0 Å². The van der Waals surface area contributed by atoms with Crippen LogP contribution >= 0.6 is 0 Å². The first-order valence-corrected chi connectivity index (χ1v) is 8.84. The lowest BCUT2D eigenvalue weighted by Gasteiger charge is -2.17. The first-order chi connectivity index (χ1) is 12.4. The maximum atomic E-state index is 5.73. The average molecular weight is 364 g/mol. The Bertz CT molecular complexity index is 344. The van der Waals surface area contributed by atoms with Gasteiger partial charge in [-0.1, -0.05) is 0 Å². The van der Waals surface area contributed by atoms with Crippen LogP contribution in [0.2, 0.25) is 0 Å². The fourth-order valence-corrected chi connectivity index (χ4v) is 1.92. The summed E-state index contributed by atoms with van der Waals surface area (Å²) in [5, 5.41) is 0. The van der Waals surface area contributed by atoms with E-state index in [0.717, 1.165) is 19.8 Å². The highest BCUT2D eigenvalue weighted by Gasteiger charge is 2.24. The molecule has 0 amide bonds. The minimum absolute atomic E-state index is 0.168. The monoisotopic (exact) mass is 364 g/mol. The summed E-state index contributed by atoms with van der Waals surface area (Å²) < 4.78 is 37.4. The molecule has 3 fully saturated rings. The number of rotatable bonds is 18. The van der Waals surface area contributed by atoms with E-state index < -0.39 is 0 Å². The van der Waals surface area contributed by atoms with Crippen molar-refractivity contribution in [3.05, 3.63) is 0 Å². The van der Waals surface area contributed by atoms with Crippen molar-refractivity contribution in [2.45, 2.75) is 24.4 Å². The van der Waals surface area contributed by atoms with Crippen LogP contribution in [0.5, 0.6) is 0 Å². The Hall–Kier alpha value is -0.360. The molecular formula is C16H28O9. The normalized spacial score (nSPS) is 28.1. The van der Waals surface area contributed by atoms with Crippen molar-refractivity contribution in [3.8, 4) is 0 Å². The number of epoxide rings is 3. The van der Waals surface area contributed by atoms with Crippen molar-refractivity contribution < 1.29 is 42.9 Å². The standard InChI is InChI=1S/C16H28O9/c1(17-5-13-8-21-13)2-18-7-15(11-24-25-12-16-10-23-16)20-4-3-19-6-14-9-22-14/h13-16H,1-12H2. The van der Waals surface area contributed by atoms with Crippen LogP contribution in [0.4, 0.5) is 0 Å². The summed E-state index contributed by atoms with van der Waals surface area (Å²) in [6.45, 7) is 6.72. The lowest BCUT2D eigenvalue weighted by molar-refractivity contribution is -0.311. The second-order valence-electron chi connectivity index (χ2n) is 6.15. The molecule has 0 saturated carbocycles. The van der Waals surface area contributed by atoms with E-state index >= 15 is 0 Å². The van der Waals surface area contributed by atoms with E-state index in [-0.39, 0.29) is 31.0 Å². The van der Waals surface area contributed by atoms with Crippen LogP contribution in [0.3, 0.4) is 0 Å². The first kappa shape index (κ1) is 19.4. The zero-order chi connectivity index (χ0) is 17.2. The molecule has 0 radical (unpaired) electrons. The van der Waals surface area contributed by atoms with E-state index in [4.69, 9.17) is 42.9 Å². The Kier molecular flexibility index (Phi) is 8.83. The van der Waals surface area contributed by atoms with Gasteiger partial charge in [0.15, 0.2) is 0 Å². The molecule has 3 aliphatic rings. The Morgan fingerprint density at radius 2 is 1.20 bits per heavy atom. The third-order valence-electron chi connectivity index (χ3n) is 3.66. The summed E-state index contributed by atoms with van der Waals surface area (Å²) in [6.07, 6.45) is 0.480. The van der Waals surface area contributed by atoms with Gasteiger partial charge >= 0.3 is 0 Å². The largest absolute Gasteiger partial charge is 0.376 e. The molecule has 3 heterocycles.